The number of nitrogens with zero attached hydrogens (tertiary/aromatic N) is 2. The van der Waals surface area contributed by atoms with Crippen LogP contribution in [0.25, 0.3) is 0 Å². The Morgan fingerprint density at radius 2 is 2.10 bits per heavy atom. The van der Waals surface area contributed by atoms with Crippen LogP contribution in [0.1, 0.15) is 23.2 Å². The topological polar surface area (TPSA) is 67.1 Å². The molecule has 1 aromatic heterocycles. The lowest BCUT2D eigenvalue weighted by Crippen LogP contribution is -2.09. The van der Waals surface area contributed by atoms with Crippen molar-refractivity contribution in [3.8, 4) is 0 Å². The molecular weight excluding hydrogens is 280 g/mol. The number of thioether (sulfide) groups is 1. The number of imidazole rings is 1. The number of hydrogen-bond donors (Lipinski definition) is 2. The Balaban J connectivity index is 1.61. The average molecular weight is 302 g/mol. The summed E-state index contributed by atoms with van der Waals surface area (Å²) in [5, 5.41) is 0.687. The summed E-state index contributed by atoms with van der Waals surface area (Å²) in [5.41, 5.74) is 9.68. The number of hydrogen-bond acceptors (Lipinski definition) is 3. The van der Waals surface area contributed by atoms with Crippen LogP contribution in [0.3, 0.4) is 0 Å². The van der Waals surface area contributed by atoms with Gasteiger partial charge in [-0.1, -0.05) is 41.6 Å². The molecule has 0 bridgehead atoms. The molecule has 1 heterocycles. The van der Waals surface area contributed by atoms with Crippen LogP contribution in [-0.4, -0.2) is 27.4 Å². The molecule has 2 aromatic rings. The highest BCUT2D eigenvalue weighted by atomic mass is 32.2. The van der Waals surface area contributed by atoms with Crippen LogP contribution >= 0.6 is 11.8 Å². The van der Waals surface area contributed by atoms with Crippen molar-refractivity contribution >= 4 is 16.9 Å². The molecule has 0 atom stereocenters. The second-order valence-electron chi connectivity index (χ2n) is 4.98. The van der Waals surface area contributed by atoms with Gasteiger partial charge in [0.15, 0.2) is 5.17 Å². The van der Waals surface area contributed by atoms with Crippen molar-refractivity contribution in [3.63, 3.8) is 0 Å². The molecule has 0 aliphatic heterocycles. The number of benzene rings is 1. The van der Waals surface area contributed by atoms with Gasteiger partial charge in [0.2, 0.25) is 0 Å². The lowest BCUT2D eigenvalue weighted by atomic mass is 10.1. The van der Waals surface area contributed by atoms with Gasteiger partial charge in [-0.15, -0.1) is 0 Å². The molecule has 0 aliphatic carbocycles. The second kappa shape index (κ2) is 8.52. The van der Waals surface area contributed by atoms with Gasteiger partial charge in [0.25, 0.3) is 0 Å². The van der Waals surface area contributed by atoms with E-state index >= 15 is 0 Å². The first-order valence-electron chi connectivity index (χ1n) is 7.19. The molecule has 4 nitrogen and oxygen atoms in total. The van der Waals surface area contributed by atoms with Gasteiger partial charge in [-0.3, -0.25) is 4.99 Å². The summed E-state index contributed by atoms with van der Waals surface area (Å²) in [6, 6.07) is 8.57. The largest absolute Gasteiger partial charge is 0.379 e. The highest BCUT2D eigenvalue weighted by Gasteiger charge is 1.98. The maximum absolute atomic E-state index is 5.91. The zero-order chi connectivity index (χ0) is 14.9. The van der Waals surface area contributed by atoms with Crippen LogP contribution in [0.4, 0.5) is 0 Å². The number of H-pyrrole nitrogens is 1. The summed E-state index contributed by atoms with van der Waals surface area (Å²) in [6.07, 6.45) is 6.59. The van der Waals surface area contributed by atoms with Crippen molar-refractivity contribution in [1.29, 1.82) is 0 Å². The molecule has 2 rings (SSSR count). The van der Waals surface area contributed by atoms with Gasteiger partial charge in [0, 0.05) is 24.2 Å². The minimum Gasteiger partial charge on any atom is -0.379 e. The molecule has 1 aromatic carbocycles. The minimum absolute atomic E-state index is 0.687. The summed E-state index contributed by atoms with van der Waals surface area (Å²) in [4.78, 5) is 11.5. The van der Waals surface area contributed by atoms with Gasteiger partial charge in [-0.05, 0) is 31.7 Å². The van der Waals surface area contributed by atoms with Crippen molar-refractivity contribution < 1.29 is 0 Å². The van der Waals surface area contributed by atoms with Crippen LogP contribution in [0.15, 0.2) is 41.8 Å². The fraction of sp³-hybridized carbons (Fsp3) is 0.375. The maximum atomic E-state index is 5.91. The van der Waals surface area contributed by atoms with E-state index in [0.29, 0.717) is 5.17 Å². The Hall–Kier alpha value is -1.75. The molecule has 5 heteroatoms. The summed E-state index contributed by atoms with van der Waals surface area (Å²) in [5.74, 6) is 0.985. The van der Waals surface area contributed by atoms with Gasteiger partial charge in [-0.2, -0.15) is 0 Å². The van der Waals surface area contributed by atoms with Crippen LogP contribution in [-0.2, 0) is 12.8 Å². The van der Waals surface area contributed by atoms with E-state index in [1.54, 1.807) is 18.1 Å². The molecule has 112 valence electrons. The van der Waals surface area contributed by atoms with E-state index in [4.69, 9.17) is 5.73 Å². The fourth-order valence-electron chi connectivity index (χ4n) is 1.96. The smallest absolute Gasteiger partial charge is 0.153 e. The fourth-order valence-corrected chi connectivity index (χ4v) is 2.64. The standard InChI is InChI=1S/C16H22N4S/c1-13-4-6-14(7-5-13)8-9-19-16(17)21-10-2-3-15-11-18-12-20-15/h4-7,11-12H,2-3,8-10H2,1H3,(H2,17,19)(H,18,20). The highest BCUT2D eigenvalue weighted by Crippen LogP contribution is 2.07. The van der Waals surface area contributed by atoms with Gasteiger partial charge >= 0.3 is 0 Å². The minimum atomic E-state index is 0.687. The molecular formula is C16H22N4S. The maximum Gasteiger partial charge on any atom is 0.153 e. The zero-order valence-electron chi connectivity index (χ0n) is 12.4. The predicted molar refractivity (Wildman–Crippen MR) is 90.7 cm³/mol. The van der Waals surface area contributed by atoms with Gasteiger partial charge in [-0.25, -0.2) is 4.98 Å². The van der Waals surface area contributed by atoms with E-state index in [9.17, 15) is 0 Å². The summed E-state index contributed by atoms with van der Waals surface area (Å²) in [6.45, 7) is 2.85. The number of aromatic amines is 1. The number of aliphatic imine (C=N–C) groups is 1. The first-order chi connectivity index (χ1) is 10.2. The molecule has 0 spiro atoms. The Morgan fingerprint density at radius 3 is 2.81 bits per heavy atom. The van der Waals surface area contributed by atoms with Crippen LogP contribution in [0.2, 0.25) is 0 Å². The number of rotatable bonds is 7. The van der Waals surface area contributed by atoms with E-state index in [1.165, 1.54) is 16.8 Å². The number of aryl methyl sites for hydroxylation is 2. The van der Waals surface area contributed by atoms with Crippen molar-refractivity contribution in [2.75, 3.05) is 12.3 Å². The zero-order valence-corrected chi connectivity index (χ0v) is 13.2. The SMILES string of the molecule is Cc1ccc(CCN=C(N)SCCCc2cnc[nH]2)cc1. The molecule has 0 amide bonds. The van der Waals surface area contributed by atoms with E-state index in [2.05, 4.69) is 46.1 Å². The van der Waals surface area contributed by atoms with Gasteiger partial charge in [0.05, 0.1) is 6.33 Å². The summed E-state index contributed by atoms with van der Waals surface area (Å²) < 4.78 is 0. The van der Waals surface area contributed by atoms with Crippen LogP contribution in [0.5, 0.6) is 0 Å². The molecule has 3 N–H and O–H groups in total. The molecule has 0 fully saturated rings. The normalized spacial score (nSPS) is 11.8. The second-order valence-corrected chi connectivity index (χ2v) is 6.10. The van der Waals surface area contributed by atoms with E-state index < -0.39 is 0 Å². The van der Waals surface area contributed by atoms with Crippen molar-refractivity contribution in [1.82, 2.24) is 9.97 Å². The molecule has 0 aliphatic rings. The third-order valence-corrected chi connectivity index (χ3v) is 4.10. The number of nitrogens with two attached hydrogens (primary N) is 1. The van der Waals surface area contributed by atoms with E-state index in [0.717, 1.165) is 31.6 Å². The third kappa shape index (κ3) is 6.04. The van der Waals surface area contributed by atoms with Crippen molar-refractivity contribution in [3.05, 3.63) is 53.6 Å². The Labute approximate surface area is 130 Å². The first-order valence-corrected chi connectivity index (χ1v) is 8.18. The number of nitrogens with one attached hydrogen (secondary N) is 1. The quantitative estimate of drug-likeness (QED) is 0.469. The lowest BCUT2D eigenvalue weighted by Gasteiger charge is -2.02. The number of amidine groups is 1. The lowest BCUT2D eigenvalue weighted by molar-refractivity contribution is 0.903. The summed E-state index contributed by atoms with van der Waals surface area (Å²) in [7, 11) is 0. The van der Waals surface area contributed by atoms with Gasteiger partial charge < -0.3 is 10.7 Å². The van der Waals surface area contributed by atoms with E-state index in [-0.39, 0.29) is 0 Å². The Morgan fingerprint density at radius 1 is 1.29 bits per heavy atom. The average Bonchev–Trinajstić information content (AvgIpc) is 2.99. The predicted octanol–water partition coefficient (Wildman–Crippen LogP) is 2.94. The molecule has 0 unspecified atom stereocenters. The van der Waals surface area contributed by atoms with Crippen LogP contribution in [0, 0.1) is 6.92 Å². The molecule has 0 saturated carbocycles. The molecule has 0 saturated heterocycles. The van der Waals surface area contributed by atoms with E-state index in [1.807, 2.05) is 6.20 Å². The highest BCUT2D eigenvalue weighted by molar-refractivity contribution is 8.13. The molecule has 0 radical (unpaired) electrons. The number of aromatic nitrogens is 2. The summed E-state index contributed by atoms with van der Waals surface area (Å²) >= 11 is 1.63. The first kappa shape index (κ1) is 15.6. The van der Waals surface area contributed by atoms with Crippen LogP contribution < -0.4 is 5.73 Å². The van der Waals surface area contributed by atoms with Gasteiger partial charge in [0.1, 0.15) is 0 Å². The van der Waals surface area contributed by atoms with Crippen molar-refractivity contribution in [2.45, 2.75) is 26.2 Å². The third-order valence-electron chi connectivity index (χ3n) is 3.18. The van der Waals surface area contributed by atoms with Crippen molar-refractivity contribution in [2.24, 2.45) is 10.7 Å². The molecule has 21 heavy (non-hydrogen) atoms. The Bertz CT molecular complexity index is 546. The Kier molecular flexibility index (Phi) is 6.34. The monoisotopic (exact) mass is 302 g/mol.